The summed E-state index contributed by atoms with van der Waals surface area (Å²) in [7, 11) is 1.94. The Morgan fingerprint density at radius 1 is 1.15 bits per heavy atom. The van der Waals surface area contributed by atoms with E-state index in [4.69, 9.17) is 9.47 Å². The largest absolute Gasteiger partial charge is 0.491 e. The molecule has 2 N–H and O–H groups in total. The smallest absolute Gasteiger partial charge is 0.341 e. The molecule has 1 saturated carbocycles. The Labute approximate surface area is 227 Å². The summed E-state index contributed by atoms with van der Waals surface area (Å²) in [5.41, 5.74) is 4.53. The first-order valence-corrected chi connectivity index (χ1v) is 13.2. The van der Waals surface area contributed by atoms with Gasteiger partial charge in [0.1, 0.15) is 22.8 Å². The Kier molecular flexibility index (Phi) is 7.49. The molecule has 0 unspecified atom stereocenters. The Hall–Kier alpha value is -4.40. The van der Waals surface area contributed by atoms with Crippen LogP contribution in [0.3, 0.4) is 0 Å². The number of aromatic nitrogens is 3. The van der Waals surface area contributed by atoms with Gasteiger partial charge in [-0.2, -0.15) is 0 Å². The van der Waals surface area contributed by atoms with Crippen molar-refractivity contribution in [3.63, 3.8) is 0 Å². The standard InChI is InChI=1S/C30H33N5O4/c1-5-38-30(37)24-7-6-10-31-27(24)32-15-19-11-20(13-23(12-19)39-18(2)3)26-17-35(4)28-25(26)14-21(16-33-28)29(36)34-22-8-9-22/h6-7,10-14,16-18,22H,5,8-9,15H2,1-4H3,(H,31,32)(H,34,36). The number of carbonyl (C=O) groups is 2. The maximum atomic E-state index is 12.7. The zero-order chi connectivity index (χ0) is 27.5. The second-order valence-electron chi connectivity index (χ2n) is 10.0. The molecule has 1 amide bonds. The third-order valence-corrected chi connectivity index (χ3v) is 6.40. The van der Waals surface area contributed by atoms with Gasteiger partial charge in [0.15, 0.2) is 0 Å². The average Bonchev–Trinajstić information content (AvgIpc) is 3.67. The number of rotatable bonds is 10. The highest BCUT2D eigenvalue weighted by molar-refractivity contribution is 6.01. The van der Waals surface area contributed by atoms with Gasteiger partial charge in [0.25, 0.3) is 5.91 Å². The van der Waals surface area contributed by atoms with Gasteiger partial charge in [0, 0.05) is 49.2 Å². The zero-order valence-electron chi connectivity index (χ0n) is 22.7. The van der Waals surface area contributed by atoms with Crippen LogP contribution in [0.5, 0.6) is 5.75 Å². The number of anilines is 1. The molecular weight excluding hydrogens is 494 g/mol. The first-order valence-electron chi connectivity index (χ1n) is 13.2. The van der Waals surface area contributed by atoms with E-state index in [-0.39, 0.29) is 24.7 Å². The Bertz CT molecular complexity index is 1520. The number of nitrogens with zero attached hydrogens (tertiary/aromatic N) is 3. The van der Waals surface area contributed by atoms with E-state index < -0.39 is 5.97 Å². The fourth-order valence-electron chi connectivity index (χ4n) is 4.48. The van der Waals surface area contributed by atoms with Crippen LogP contribution >= 0.6 is 0 Å². The monoisotopic (exact) mass is 527 g/mol. The molecule has 0 radical (unpaired) electrons. The number of hydrogen-bond donors (Lipinski definition) is 2. The van der Waals surface area contributed by atoms with Gasteiger partial charge in [-0.05, 0) is 81.1 Å². The van der Waals surface area contributed by atoms with E-state index in [1.807, 2.05) is 49.9 Å². The molecule has 3 heterocycles. The lowest BCUT2D eigenvalue weighted by Gasteiger charge is -2.15. The SMILES string of the molecule is CCOC(=O)c1cccnc1NCc1cc(OC(C)C)cc(-c2cn(C)c3ncc(C(=O)NC4CC4)cc23)c1. The minimum Gasteiger partial charge on any atom is -0.491 e. The third kappa shape index (κ3) is 6.03. The van der Waals surface area contributed by atoms with Crippen LogP contribution in [0.2, 0.25) is 0 Å². The molecular formula is C30H33N5O4. The van der Waals surface area contributed by atoms with Crippen LogP contribution in [0.15, 0.2) is 55.0 Å². The second-order valence-corrected chi connectivity index (χ2v) is 10.0. The number of fused-ring (bicyclic) bond motifs is 1. The quantitative estimate of drug-likeness (QED) is 0.276. The lowest BCUT2D eigenvalue weighted by Crippen LogP contribution is -2.25. The van der Waals surface area contributed by atoms with Crippen LogP contribution in [0, 0.1) is 0 Å². The maximum absolute atomic E-state index is 12.7. The number of esters is 1. The van der Waals surface area contributed by atoms with Crippen molar-refractivity contribution in [2.45, 2.75) is 52.3 Å². The Morgan fingerprint density at radius 2 is 1.97 bits per heavy atom. The molecule has 0 aliphatic heterocycles. The summed E-state index contributed by atoms with van der Waals surface area (Å²) in [6.45, 7) is 6.43. The van der Waals surface area contributed by atoms with E-state index in [0.717, 1.165) is 46.3 Å². The van der Waals surface area contributed by atoms with E-state index in [1.54, 1.807) is 31.5 Å². The van der Waals surface area contributed by atoms with Gasteiger partial charge in [-0.3, -0.25) is 4.79 Å². The van der Waals surface area contributed by atoms with Crippen molar-refractivity contribution in [1.29, 1.82) is 0 Å². The van der Waals surface area contributed by atoms with E-state index in [2.05, 4.69) is 26.7 Å². The average molecular weight is 528 g/mol. The minimum absolute atomic E-state index is 0.0147. The zero-order valence-corrected chi connectivity index (χ0v) is 22.7. The summed E-state index contributed by atoms with van der Waals surface area (Å²) < 4.78 is 13.2. The lowest BCUT2D eigenvalue weighted by molar-refractivity contribution is 0.0527. The van der Waals surface area contributed by atoms with Gasteiger partial charge in [-0.1, -0.05) is 0 Å². The van der Waals surface area contributed by atoms with Crippen molar-refractivity contribution in [2.24, 2.45) is 7.05 Å². The number of benzene rings is 1. The number of nitrogens with one attached hydrogen (secondary N) is 2. The van der Waals surface area contributed by atoms with Gasteiger partial charge in [-0.25, -0.2) is 14.8 Å². The molecule has 1 aromatic carbocycles. The first-order chi connectivity index (χ1) is 18.8. The second kappa shape index (κ2) is 11.1. The molecule has 1 fully saturated rings. The maximum Gasteiger partial charge on any atom is 0.341 e. The van der Waals surface area contributed by atoms with E-state index in [0.29, 0.717) is 23.5 Å². The molecule has 3 aromatic heterocycles. The normalized spacial score (nSPS) is 12.9. The van der Waals surface area contributed by atoms with Gasteiger partial charge in [0.05, 0.1) is 18.3 Å². The molecule has 9 heteroatoms. The fourth-order valence-corrected chi connectivity index (χ4v) is 4.48. The predicted octanol–water partition coefficient (Wildman–Crippen LogP) is 5.10. The molecule has 0 bridgehead atoms. The Balaban J connectivity index is 1.50. The molecule has 202 valence electrons. The predicted molar refractivity (Wildman–Crippen MR) is 150 cm³/mol. The highest BCUT2D eigenvalue weighted by Gasteiger charge is 2.24. The summed E-state index contributed by atoms with van der Waals surface area (Å²) >= 11 is 0. The lowest BCUT2D eigenvalue weighted by atomic mass is 10.0. The third-order valence-electron chi connectivity index (χ3n) is 6.40. The number of amides is 1. The molecule has 39 heavy (non-hydrogen) atoms. The first kappa shape index (κ1) is 26.2. The van der Waals surface area contributed by atoms with Crippen LogP contribution in [0.1, 0.15) is 59.9 Å². The highest BCUT2D eigenvalue weighted by Crippen LogP contribution is 2.34. The van der Waals surface area contributed by atoms with Gasteiger partial charge >= 0.3 is 5.97 Å². The van der Waals surface area contributed by atoms with Crippen molar-refractivity contribution < 1.29 is 19.1 Å². The van der Waals surface area contributed by atoms with Crippen LogP contribution in [-0.4, -0.2) is 45.2 Å². The number of aryl methyl sites for hydroxylation is 1. The molecule has 9 nitrogen and oxygen atoms in total. The van der Waals surface area contributed by atoms with Crippen molar-refractivity contribution in [3.8, 4) is 16.9 Å². The molecule has 1 aliphatic rings. The molecule has 0 atom stereocenters. The fraction of sp³-hybridized carbons (Fsp3) is 0.333. The van der Waals surface area contributed by atoms with E-state index in [9.17, 15) is 9.59 Å². The van der Waals surface area contributed by atoms with Crippen molar-refractivity contribution in [3.05, 3.63) is 71.7 Å². The summed E-state index contributed by atoms with van der Waals surface area (Å²) in [5, 5.41) is 7.21. The van der Waals surface area contributed by atoms with Crippen LogP contribution < -0.4 is 15.4 Å². The summed E-state index contributed by atoms with van der Waals surface area (Å²) in [4.78, 5) is 34.1. The molecule has 0 saturated heterocycles. The van der Waals surface area contributed by atoms with E-state index >= 15 is 0 Å². The van der Waals surface area contributed by atoms with Crippen LogP contribution in [0.25, 0.3) is 22.2 Å². The summed E-state index contributed by atoms with van der Waals surface area (Å²) in [5.74, 6) is 0.651. The van der Waals surface area contributed by atoms with Crippen LogP contribution in [-0.2, 0) is 18.3 Å². The van der Waals surface area contributed by atoms with Gasteiger partial charge < -0.3 is 24.7 Å². The van der Waals surface area contributed by atoms with Crippen molar-refractivity contribution in [2.75, 3.05) is 11.9 Å². The number of pyridine rings is 2. The van der Waals surface area contributed by atoms with Crippen LogP contribution in [0.4, 0.5) is 5.82 Å². The summed E-state index contributed by atoms with van der Waals surface area (Å²) in [6, 6.07) is 11.6. The highest BCUT2D eigenvalue weighted by atomic mass is 16.5. The summed E-state index contributed by atoms with van der Waals surface area (Å²) in [6.07, 6.45) is 7.32. The number of carbonyl (C=O) groups excluding carboxylic acids is 2. The molecule has 4 aromatic rings. The topological polar surface area (TPSA) is 107 Å². The van der Waals surface area contributed by atoms with Crippen molar-refractivity contribution in [1.82, 2.24) is 19.9 Å². The number of hydrogen-bond acceptors (Lipinski definition) is 7. The minimum atomic E-state index is -0.421. The van der Waals surface area contributed by atoms with Gasteiger partial charge in [0.2, 0.25) is 0 Å². The molecule has 5 rings (SSSR count). The van der Waals surface area contributed by atoms with Gasteiger partial charge in [-0.15, -0.1) is 0 Å². The Morgan fingerprint density at radius 3 is 2.72 bits per heavy atom. The van der Waals surface area contributed by atoms with E-state index in [1.165, 1.54) is 0 Å². The molecule has 0 spiro atoms. The number of ether oxygens (including phenoxy) is 2. The molecule has 1 aliphatic carbocycles. The van der Waals surface area contributed by atoms with Crippen molar-refractivity contribution >= 4 is 28.7 Å².